The number of benzene rings is 1. The van der Waals surface area contributed by atoms with E-state index in [9.17, 15) is 23.3 Å². The van der Waals surface area contributed by atoms with Gasteiger partial charge in [0.15, 0.2) is 0 Å². The predicted octanol–water partition coefficient (Wildman–Crippen LogP) is 2.60. The number of hydrogen-bond donors (Lipinski definition) is 1. The molecular weight excluding hydrogens is 277 g/mol. The largest absolute Gasteiger partial charge is 0.416 e. The minimum atomic E-state index is -4.65. The highest BCUT2D eigenvalue weighted by molar-refractivity contribution is 5.79. The molecule has 1 heterocycles. The van der Waals surface area contributed by atoms with E-state index < -0.39 is 22.4 Å². The molecule has 0 bridgehead atoms. The Balaban J connectivity index is 2.69. The fourth-order valence-corrected chi connectivity index (χ4v) is 1.84. The van der Waals surface area contributed by atoms with Gasteiger partial charge in [-0.2, -0.15) is 18.3 Å². The van der Waals surface area contributed by atoms with Gasteiger partial charge in [0, 0.05) is 13.1 Å². The number of nitro groups is 1. The summed E-state index contributed by atoms with van der Waals surface area (Å²) in [6.45, 7) is 0. The predicted molar refractivity (Wildman–Crippen MR) is 64.7 cm³/mol. The van der Waals surface area contributed by atoms with E-state index in [-0.39, 0.29) is 16.9 Å². The maximum absolute atomic E-state index is 12.6. The van der Waals surface area contributed by atoms with Crippen molar-refractivity contribution in [2.24, 2.45) is 7.05 Å². The molecule has 9 heteroatoms. The molecule has 1 aromatic carbocycles. The highest BCUT2D eigenvalue weighted by Crippen LogP contribution is 2.38. The quantitative estimate of drug-likeness (QED) is 0.679. The fourth-order valence-electron chi connectivity index (χ4n) is 1.84. The van der Waals surface area contributed by atoms with Crippen LogP contribution in [0.4, 0.5) is 24.5 Å². The average Bonchev–Trinajstić information content (AvgIpc) is 2.67. The lowest BCUT2D eigenvalue weighted by atomic mass is 10.1. The topological polar surface area (TPSA) is 87.0 Å². The van der Waals surface area contributed by atoms with Crippen LogP contribution in [0.1, 0.15) is 5.56 Å². The van der Waals surface area contributed by atoms with Gasteiger partial charge in [-0.3, -0.25) is 14.8 Å². The summed E-state index contributed by atoms with van der Waals surface area (Å²) < 4.78 is 39.1. The molecule has 0 aliphatic carbocycles. The lowest BCUT2D eigenvalue weighted by Crippen LogP contribution is -2.07. The monoisotopic (exact) mass is 286 g/mol. The van der Waals surface area contributed by atoms with Gasteiger partial charge in [-0.15, -0.1) is 0 Å². The normalized spacial score (nSPS) is 11.6. The van der Waals surface area contributed by atoms with Gasteiger partial charge >= 0.3 is 6.18 Å². The summed E-state index contributed by atoms with van der Waals surface area (Å²) in [5.74, 6) is 0. The van der Waals surface area contributed by atoms with Gasteiger partial charge in [0.1, 0.15) is 0 Å². The van der Waals surface area contributed by atoms with Crippen LogP contribution in [0.2, 0.25) is 0 Å². The van der Waals surface area contributed by atoms with E-state index in [1.807, 2.05) is 0 Å². The molecule has 0 aliphatic heterocycles. The van der Waals surface area contributed by atoms with Gasteiger partial charge in [-0.25, -0.2) is 0 Å². The van der Waals surface area contributed by atoms with Crippen LogP contribution in [-0.2, 0) is 13.2 Å². The van der Waals surface area contributed by atoms with Crippen molar-refractivity contribution in [1.29, 1.82) is 0 Å². The number of nitrogens with two attached hydrogens (primary N) is 1. The Kier molecular flexibility index (Phi) is 3.12. The fraction of sp³-hybridized carbons (Fsp3) is 0.182. The summed E-state index contributed by atoms with van der Waals surface area (Å²) in [7, 11) is 1.49. The van der Waals surface area contributed by atoms with Crippen molar-refractivity contribution in [1.82, 2.24) is 9.78 Å². The van der Waals surface area contributed by atoms with E-state index in [1.54, 1.807) is 0 Å². The van der Waals surface area contributed by atoms with E-state index in [4.69, 9.17) is 5.73 Å². The number of rotatable bonds is 2. The van der Waals surface area contributed by atoms with Gasteiger partial charge in [0.25, 0.3) is 5.69 Å². The van der Waals surface area contributed by atoms with Gasteiger partial charge in [-0.1, -0.05) is 0 Å². The third kappa shape index (κ3) is 2.29. The molecule has 0 saturated carbocycles. The zero-order chi connectivity index (χ0) is 15.1. The second-order valence-electron chi connectivity index (χ2n) is 4.06. The van der Waals surface area contributed by atoms with Gasteiger partial charge < -0.3 is 5.73 Å². The van der Waals surface area contributed by atoms with Crippen LogP contribution in [0.3, 0.4) is 0 Å². The van der Waals surface area contributed by atoms with Crippen molar-refractivity contribution in [3.8, 4) is 11.3 Å². The summed E-state index contributed by atoms with van der Waals surface area (Å²) in [5, 5.41) is 14.8. The highest BCUT2D eigenvalue weighted by Gasteiger charge is 2.33. The molecule has 2 N–H and O–H groups in total. The first-order valence-corrected chi connectivity index (χ1v) is 5.35. The van der Waals surface area contributed by atoms with Crippen LogP contribution in [0.25, 0.3) is 11.3 Å². The minimum Gasteiger partial charge on any atom is -0.396 e. The Bertz CT molecular complexity index is 659. The summed E-state index contributed by atoms with van der Waals surface area (Å²) in [6.07, 6.45) is -3.38. The molecule has 0 saturated heterocycles. The smallest absolute Gasteiger partial charge is 0.396 e. The van der Waals surface area contributed by atoms with Crippen LogP contribution >= 0.6 is 0 Å². The zero-order valence-corrected chi connectivity index (χ0v) is 10.2. The number of anilines is 1. The third-order valence-electron chi connectivity index (χ3n) is 2.74. The molecule has 1 aromatic heterocycles. The first-order chi connectivity index (χ1) is 9.21. The van der Waals surface area contributed by atoms with Crippen molar-refractivity contribution in [2.45, 2.75) is 6.18 Å². The molecule has 0 atom stereocenters. The SMILES string of the molecule is Cn1ncc(N)c1-c1ccc(C(F)(F)F)cc1[N+](=O)[O-]. The third-order valence-corrected chi connectivity index (χ3v) is 2.74. The Morgan fingerprint density at radius 3 is 2.50 bits per heavy atom. The Morgan fingerprint density at radius 1 is 1.40 bits per heavy atom. The number of aromatic nitrogens is 2. The van der Waals surface area contributed by atoms with E-state index in [2.05, 4.69) is 5.10 Å². The van der Waals surface area contributed by atoms with E-state index >= 15 is 0 Å². The summed E-state index contributed by atoms with van der Waals surface area (Å²) in [5.41, 5.74) is 4.21. The number of nitro benzene ring substituents is 1. The van der Waals surface area contributed by atoms with Crippen molar-refractivity contribution in [3.05, 3.63) is 40.1 Å². The van der Waals surface area contributed by atoms with E-state index in [0.29, 0.717) is 6.07 Å². The molecule has 2 aromatic rings. The van der Waals surface area contributed by atoms with Crippen molar-refractivity contribution in [3.63, 3.8) is 0 Å². The Morgan fingerprint density at radius 2 is 2.05 bits per heavy atom. The molecule has 20 heavy (non-hydrogen) atoms. The Hall–Kier alpha value is -2.58. The number of nitrogens with zero attached hydrogens (tertiary/aromatic N) is 3. The van der Waals surface area contributed by atoms with Crippen LogP contribution in [0.5, 0.6) is 0 Å². The van der Waals surface area contributed by atoms with Crippen LogP contribution in [-0.4, -0.2) is 14.7 Å². The lowest BCUT2D eigenvalue weighted by Gasteiger charge is -2.09. The number of aryl methyl sites for hydroxylation is 1. The van der Waals surface area contributed by atoms with Gasteiger partial charge in [0.2, 0.25) is 0 Å². The van der Waals surface area contributed by atoms with Crippen molar-refractivity contribution >= 4 is 11.4 Å². The van der Waals surface area contributed by atoms with Crippen molar-refractivity contribution < 1.29 is 18.1 Å². The number of nitrogen functional groups attached to an aromatic ring is 1. The van der Waals surface area contributed by atoms with Crippen LogP contribution in [0, 0.1) is 10.1 Å². The second-order valence-corrected chi connectivity index (χ2v) is 4.06. The van der Waals surface area contributed by atoms with Crippen LogP contribution in [0.15, 0.2) is 24.4 Å². The molecule has 0 aliphatic rings. The lowest BCUT2D eigenvalue weighted by molar-refractivity contribution is -0.384. The summed E-state index contributed by atoms with van der Waals surface area (Å²) in [6, 6.07) is 2.28. The number of alkyl halides is 3. The first-order valence-electron chi connectivity index (χ1n) is 5.35. The van der Waals surface area contributed by atoms with E-state index in [0.717, 1.165) is 12.1 Å². The van der Waals surface area contributed by atoms with Crippen LogP contribution < -0.4 is 5.73 Å². The molecule has 0 fully saturated rings. The first kappa shape index (κ1) is 13.8. The number of hydrogen-bond acceptors (Lipinski definition) is 4. The summed E-state index contributed by atoms with van der Waals surface area (Å²) in [4.78, 5) is 10.1. The maximum atomic E-state index is 12.6. The molecule has 0 radical (unpaired) electrons. The van der Waals surface area contributed by atoms with Crippen molar-refractivity contribution in [2.75, 3.05) is 5.73 Å². The van der Waals surface area contributed by atoms with E-state index in [1.165, 1.54) is 17.9 Å². The second kappa shape index (κ2) is 4.51. The average molecular weight is 286 g/mol. The molecular formula is C11H9F3N4O2. The molecule has 0 unspecified atom stereocenters. The minimum absolute atomic E-state index is 0.0134. The highest BCUT2D eigenvalue weighted by atomic mass is 19.4. The van der Waals surface area contributed by atoms with Gasteiger partial charge in [-0.05, 0) is 12.1 Å². The molecule has 2 rings (SSSR count). The molecule has 106 valence electrons. The zero-order valence-electron chi connectivity index (χ0n) is 10.2. The standard InChI is InChI=1S/C11H9F3N4O2/c1-17-10(8(15)5-16-17)7-3-2-6(11(12,13)14)4-9(7)18(19)20/h2-5H,15H2,1H3. The number of halogens is 3. The summed E-state index contributed by atoms with van der Waals surface area (Å²) >= 11 is 0. The molecule has 0 spiro atoms. The Labute approximate surface area is 110 Å². The molecule has 0 amide bonds. The van der Waals surface area contributed by atoms with Gasteiger partial charge in [0.05, 0.1) is 33.6 Å². The maximum Gasteiger partial charge on any atom is 0.416 e. The molecule has 6 nitrogen and oxygen atoms in total.